The molecule has 0 saturated heterocycles. The van der Waals surface area contributed by atoms with Crippen LogP contribution in [0, 0.1) is 0 Å². The van der Waals surface area contributed by atoms with Gasteiger partial charge in [-0.2, -0.15) is 0 Å². The summed E-state index contributed by atoms with van der Waals surface area (Å²) in [5.74, 6) is -0.229. The summed E-state index contributed by atoms with van der Waals surface area (Å²) in [4.78, 5) is 25.7. The van der Waals surface area contributed by atoms with E-state index in [1.54, 1.807) is 37.4 Å². The Balaban J connectivity index is 1.74. The molecule has 0 fully saturated rings. The third kappa shape index (κ3) is 4.48. The van der Waals surface area contributed by atoms with Crippen molar-refractivity contribution in [2.24, 2.45) is 0 Å². The molecule has 0 aliphatic heterocycles. The lowest BCUT2D eigenvalue weighted by atomic mass is 10.1. The molecule has 2 amide bonds. The van der Waals surface area contributed by atoms with E-state index in [2.05, 4.69) is 10.6 Å². The number of amides is 2. The molecule has 3 aromatic carbocycles. The van der Waals surface area contributed by atoms with E-state index in [-0.39, 0.29) is 5.91 Å². The molecular weight excluding hydrogens is 354 g/mol. The molecule has 0 aliphatic rings. The van der Waals surface area contributed by atoms with E-state index >= 15 is 0 Å². The van der Waals surface area contributed by atoms with Gasteiger partial charge >= 0.3 is 6.09 Å². The Morgan fingerprint density at radius 2 is 1.46 bits per heavy atom. The maximum atomic E-state index is 12.8. The SMILES string of the molecule is COC(=O)N(C)c1ccc(NC(=O)c2ccccc2Nc2ccccc2)cc1. The Hall–Kier alpha value is -3.80. The Morgan fingerprint density at radius 1 is 0.821 bits per heavy atom. The maximum absolute atomic E-state index is 12.8. The summed E-state index contributed by atoms with van der Waals surface area (Å²) in [5.41, 5.74) is 3.44. The lowest BCUT2D eigenvalue weighted by Crippen LogP contribution is -2.25. The minimum absolute atomic E-state index is 0.229. The number of carbonyl (C=O) groups is 2. The monoisotopic (exact) mass is 375 g/mol. The molecule has 0 saturated carbocycles. The van der Waals surface area contributed by atoms with Crippen LogP contribution in [-0.2, 0) is 4.74 Å². The van der Waals surface area contributed by atoms with E-state index in [9.17, 15) is 9.59 Å². The quantitative estimate of drug-likeness (QED) is 0.666. The summed E-state index contributed by atoms with van der Waals surface area (Å²) in [5, 5.41) is 6.14. The average molecular weight is 375 g/mol. The first kappa shape index (κ1) is 19.0. The predicted octanol–water partition coefficient (Wildman–Crippen LogP) is 4.89. The Labute approximate surface area is 163 Å². The van der Waals surface area contributed by atoms with Crippen LogP contribution in [-0.4, -0.2) is 26.2 Å². The largest absolute Gasteiger partial charge is 0.452 e. The van der Waals surface area contributed by atoms with Crippen molar-refractivity contribution < 1.29 is 14.3 Å². The van der Waals surface area contributed by atoms with Gasteiger partial charge in [-0.3, -0.25) is 9.69 Å². The van der Waals surface area contributed by atoms with Crippen LogP contribution in [0.4, 0.5) is 27.5 Å². The predicted molar refractivity (Wildman–Crippen MR) is 111 cm³/mol. The number of hydrogen-bond donors (Lipinski definition) is 2. The summed E-state index contributed by atoms with van der Waals surface area (Å²) in [6, 6.07) is 23.9. The van der Waals surface area contributed by atoms with Crippen LogP contribution in [0.3, 0.4) is 0 Å². The first-order valence-corrected chi connectivity index (χ1v) is 8.72. The van der Waals surface area contributed by atoms with Crippen LogP contribution in [0.25, 0.3) is 0 Å². The molecule has 6 heteroatoms. The molecule has 0 spiro atoms. The van der Waals surface area contributed by atoms with Gasteiger partial charge in [-0.15, -0.1) is 0 Å². The zero-order valence-electron chi connectivity index (χ0n) is 15.7. The number of anilines is 4. The number of para-hydroxylation sites is 2. The molecule has 6 nitrogen and oxygen atoms in total. The molecule has 0 bridgehead atoms. The third-order valence-corrected chi connectivity index (χ3v) is 4.19. The Kier molecular flexibility index (Phi) is 5.91. The van der Waals surface area contributed by atoms with Crippen LogP contribution in [0.2, 0.25) is 0 Å². The zero-order chi connectivity index (χ0) is 19.9. The second-order valence-electron chi connectivity index (χ2n) is 6.07. The molecule has 0 unspecified atom stereocenters. The Morgan fingerprint density at radius 3 is 2.14 bits per heavy atom. The van der Waals surface area contributed by atoms with Crippen molar-refractivity contribution in [2.45, 2.75) is 0 Å². The van der Waals surface area contributed by atoms with Gasteiger partial charge in [-0.1, -0.05) is 30.3 Å². The standard InChI is InChI=1S/C22H21N3O3/c1-25(22(27)28-2)18-14-12-17(13-15-18)24-21(26)19-10-6-7-11-20(19)23-16-8-4-3-5-9-16/h3-15,23H,1-2H3,(H,24,26). The lowest BCUT2D eigenvalue weighted by molar-refractivity contribution is 0.102. The molecule has 3 rings (SSSR count). The van der Waals surface area contributed by atoms with Gasteiger partial charge < -0.3 is 15.4 Å². The summed E-state index contributed by atoms with van der Waals surface area (Å²) in [7, 11) is 2.94. The highest BCUT2D eigenvalue weighted by molar-refractivity contribution is 6.08. The number of ether oxygens (including phenoxy) is 1. The number of methoxy groups -OCH3 is 1. The molecule has 0 atom stereocenters. The van der Waals surface area contributed by atoms with E-state index in [1.165, 1.54) is 12.0 Å². The minimum Gasteiger partial charge on any atom is -0.452 e. The molecule has 0 aliphatic carbocycles. The van der Waals surface area contributed by atoms with Crippen molar-refractivity contribution in [1.82, 2.24) is 0 Å². The summed E-state index contributed by atoms with van der Waals surface area (Å²) < 4.78 is 4.69. The van der Waals surface area contributed by atoms with Gasteiger partial charge in [0.15, 0.2) is 0 Å². The normalized spacial score (nSPS) is 10.1. The molecule has 142 valence electrons. The van der Waals surface area contributed by atoms with E-state index < -0.39 is 6.09 Å². The number of benzene rings is 3. The van der Waals surface area contributed by atoms with Crippen molar-refractivity contribution in [3.63, 3.8) is 0 Å². The van der Waals surface area contributed by atoms with E-state index in [1.807, 2.05) is 48.5 Å². The lowest BCUT2D eigenvalue weighted by Gasteiger charge is -2.16. The van der Waals surface area contributed by atoms with Crippen molar-refractivity contribution in [1.29, 1.82) is 0 Å². The van der Waals surface area contributed by atoms with Crippen molar-refractivity contribution >= 4 is 34.7 Å². The summed E-state index contributed by atoms with van der Waals surface area (Å²) >= 11 is 0. The molecule has 2 N–H and O–H groups in total. The summed E-state index contributed by atoms with van der Waals surface area (Å²) in [6.45, 7) is 0. The van der Waals surface area contributed by atoms with Crippen LogP contribution in [0.5, 0.6) is 0 Å². The highest BCUT2D eigenvalue weighted by atomic mass is 16.5. The molecule has 28 heavy (non-hydrogen) atoms. The van der Waals surface area contributed by atoms with Gasteiger partial charge in [-0.05, 0) is 48.5 Å². The highest BCUT2D eigenvalue weighted by Crippen LogP contribution is 2.23. The molecular formula is C22H21N3O3. The molecule has 0 radical (unpaired) electrons. The second-order valence-corrected chi connectivity index (χ2v) is 6.07. The van der Waals surface area contributed by atoms with Crippen LogP contribution in [0.1, 0.15) is 10.4 Å². The molecule has 3 aromatic rings. The van der Waals surface area contributed by atoms with Crippen molar-refractivity contribution in [2.75, 3.05) is 29.7 Å². The first-order chi connectivity index (χ1) is 13.6. The number of carbonyl (C=O) groups excluding carboxylic acids is 2. The van der Waals surface area contributed by atoms with Crippen LogP contribution < -0.4 is 15.5 Å². The molecule has 0 aromatic heterocycles. The number of rotatable bonds is 5. The fraction of sp³-hybridized carbons (Fsp3) is 0.0909. The zero-order valence-corrected chi connectivity index (χ0v) is 15.7. The van der Waals surface area contributed by atoms with E-state index in [0.717, 1.165) is 5.69 Å². The fourth-order valence-corrected chi connectivity index (χ4v) is 2.68. The van der Waals surface area contributed by atoms with Gasteiger partial charge in [-0.25, -0.2) is 4.79 Å². The highest BCUT2D eigenvalue weighted by Gasteiger charge is 2.13. The number of nitrogens with zero attached hydrogens (tertiary/aromatic N) is 1. The van der Waals surface area contributed by atoms with Gasteiger partial charge in [0.2, 0.25) is 0 Å². The average Bonchev–Trinajstić information content (AvgIpc) is 2.74. The fourth-order valence-electron chi connectivity index (χ4n) is 2.68. The van der Waals surface area contributed by atoms with Gasteiger partial charge in [0, 0.05) is 24.1 Å². The van der Waals surface area contributed by atoms with Gasteiger partial charge in [0.1, 0.15) is 0 Å². The van der Waals surface area contributed by atoms with Crippen LogP contribution in [0.15, 0.2) is 78.9 Å². The number of nitrogens with one attached hydrogen (secondary N) is 2. The smallest absolute Gasteiger partial charge is 0.413 e. The molecule has 0 heterocycles. The second kappa shape index (κ2) is 8.73. The van der Waals surface area contributed by atoms with Crippen molar-refractivity contribution in [3.05, 3.63) is 84.4 Å². The van der Waals surface area contributed by atoms with Crippen molar-refractivity contribution in [3.8, 4) is 0 Å². The Bertz CT molecular complexity index is 956. The summed E-state index contributed by atoms with van der Waals surface area (Å²) in [6.07, 6.45) is -0.460. The van der Waals surface area contributed by atoms with Gasteiger partial charge in [0.25, 0.3) is 5.91 Å². The minimum atomic E-state index is -0.460. The first-order valence-electron chi connectivity index (χ1n) is 8.72. The topological polar surface area (TPSA) is 70.7 Å². The van der Waals surface area contributed by atoms with E-state index in [4.69, 9.17) is 4.74 Å². The van der Waals surface area contributed by atoms with Crippen LogP contribution >= 0.6 is 0 Å². The van der Waals surface area contributed by atoms with E-state index in [0.29, 0.717) is 22.6 Å². The number of hydrogen-bond acceptors (Lipinski definition) is 4. The van der Waals surface area contributed by atoms with Gasteiger partial charge in [0.05, 0.1) is 18.4 Å². The third-order valence-electron chi connectivity index (χ3n) is 4.19. The maximum Gasteiger partial charge on any atom is 0.413 e.